The smallest absolute Gasteiger partial charge is 0.00765 e. The van der Waals surface area contributed by atoms with Crippen molar-refractivity contribution in [2.24, 2.45) is 5.92 Å². The van der Waals surface area contributed by atoms with Gasteiger partial charge in [-0.2, -0.15) is 0 Å². The second-order valence-corrected chi connectivity index (χ2v) is 2.17. The van der Waals surface area contributed by atoms with E-state index >= 15 is 0 Å². The molecule has 0 aromatic rings. The summed E-state index contributed by atoms with van der Waals surface area (Å²) in [5.41, 5.74) is 0. The largest absolute Gasteiger partial charge is 0.314 e. The Balaban J connectivity index is 2.20. The van der Waals surface area contributed by atoms with E-state index in [0.717, 1.165) is 12.0 Å². The van der Waals surface area contributed by atoms with Crippen LogP contribution in [0.2, 0.25) is 0 Å². The predicted molar refractivity (Wildman–Crippen MR) is 26.6 cm³/mol. The molecule has 1 heterocycles. The van der Waals surface area contributed by atoms with Gasteiger partial charge >= 0.3 is 0 Å². The van der Waals surface area contributed by atoms with E-state index in [1.807, 2.05) is 0 Å². The molecular formula is C5H11N. The molecular weight excluding hydrogens is 74.1 g/mol. The number of hydrogen-bond donors (Lipinski definition) is 1. The summed E-state index contributed by atoms with van der Waals surface area (Å²) in [6.45, 7) is 5.70. The highest BCUT2D eigenvalue weighted by atomic mass is 15.0. The molecule has 2 atom stereocenters. The van der Waals surface area contributed by atoms with Gasteiger partial charge in [-0.1, -0.05) is 6.92 Å². The third-order valence-electron chi connectivity index (χ3n) is 1.62. The van der Waals surface area contributed by atoms with Crippen molar-refractivity contribution in [1.82, 2.24) is 5.32 Å². The molecule has 36 valence electrons. The maximum Gasteiger partial charge on any atom is 0.00765 e. The molecule has 0 spiro atoms. The average Bonchev–Trinajstić information content (AvgIpc) is 1.61. The van der Waals surface area contributed by atoms with Gasteiger partial charge in [0.2, 0.25) is 0 Å². The summed E-state index contributed by atoms with van der Waals surface area (Å²) in [5.74, 6) is 0.921. The monoisotopic (exact) mass is 85.1 g/mol. The van der Waals surface area contributed by atoms with Gasteiger partial charge in [-0.3, -0.25) is 0 Å². The molecule has 1 heteroatoms. The van der Waals surface area contributed by atoms with Crippen molar-refractivity contribution in [2.75, 3.05) is 6.54 Å². The van der Waals surface area contributed by atoms with Crippen LogP contribution in [0.5, 0.6) is 0 Å². The van der Waals surface area contributed by atoms with Crippen LogP contribution in [0, 0.1) is 5.92 Å². The minimum absolute atomic E-state index is 0.782. The van der Waals surface area contributed by atoms with Crippen molar-refractivity contribution in [3.05, 3.63) is 0 Å². The van der Waals surface area contributed by atoms with Gasteiger partial charge in [0.05, 0.1) is 0 Å². The zero-order chi connectivity index (χ0) is 4.57. The van der Waals surface area contributed by atoms with Gasteiger partial charge in [0.25, 0.3) is 0 Å². The molecule has 1 saturated heterocycles. The molecule has 1 aliphatic rings. The zero-order valence-corrected chi connectivity index (χ0v) is 4.36. The summed E-state index contributed by atoms with van der Waals surface area (Å²) in [7, 11) is 0. The van der Waals surface area contributed by atoms with Crippen molar-refractivity contribution in [2.45, 2.75) is 19.9 Å². The molecule has 1 N–H and O–H groups in total. The Morgan fingerprint density at radius 3 is 2.00 bits per heavy atom. The van der Waals surface area contributed by atoms with Crippen molar-refractivity contribution >= 4 is 0 Å². The second-order valence-electron chi connectivity index (χ2n) is 2.17. The first kappa shape index (κ1) is 4.13. The van der Waals surface area contributed by atoms with Crippen LogP contribution in [-0.2, 0) is 0 Å². The fourth-order valence-electron chi connectivity index (χ4n) is 0.589. The Bertz CT molecular complexity index is 43.9. The first-order valence-corrected chi connectivity index (χ1v) is 2.54. The molecule has 6 heavy (non-hydrogen) atoms. The van der Waals surface area contributed by atoms with E-state index in [4.69, 9.17) is 0 Å². The number of hydrogen-bond acceptors (Lipinski definition) is 1. The van der Waals surface area contributed by atoms with Crippen LogP contribution in [-0.4, -0.2) is 12.6 Å². The maximum atomic E-state index is 3.26. The molecule has 0 aromatic heterocycles. The summed E-state index contributed by atoms with van der Waals surface area (Å²) in [6, 6.07) is 0.782. The Kier molecular flexibility index (Phi) is 0.845. The molecule has 0 aliphatic carbocycles. The molecule has 1 aliphatic heterocycles. The van der Waals surface area contributed by atoms with E-state index in [1.54, 1.807) is 0 Å². The SMILES string of the molecule is C[C@@H]1NC[C@@H]1C. The normalized spacial score (nSPS) is 45.0. The molecule has 0 aromatic carbocycles. The number of rotatable bonds is 0. The van der Waals surface area contributed by atoms with Crippen LogP contribution < -0.4 is 5.32 Å². The second kappa shape index (κ2) is 1.23. The third kappa shape index (κ3) is 0.432. The fraction of sp³-hybridized carbons (Fsp3) is 1.00. The quantitative estimate of drug-likeness (QED) is 0.454. The lowest BCUT2D eigenvalue weighted by atomic mass is 9.96. The minimum Gasteiger partial charge on any atom is -0.314 e. The van der Waals surface area contributed by atoms with E-state index < -0.39 is 0 Å². The highest BCUT2D eigenvalue weighted by molar-refractivity contribution is 4.79. The first-order valence-electron chi connectivity index (χ1n) is 2.54. The van der Waals surface area contributed by atoms with Gasteiger partial charge in [-0.15, -0.1) is 0 Å². The van der Waals surface area contributed by atoms with Gasteiger partial charge in [-0.05, 0) is 19.4 Å². The third-order valence-corrected chi connectivity index (χ3v) is 1.62. The van der Waals surface area contributed by atoms with Crippen LogP contribution in [0.3, 0.4) is 0 Å². The maximum absolute atomic E-state index is 3.26. The van der Waals surface area contributed by atoms with Crippen molar-refractivity contribution < 1.29 is 0 Å². The molecule has 1 fully saturated rings. The highest BCUT2D eigenvalue weighted by Crippen LogP contribution is 2.08. The van der Waals surface area contributed by atoms with Crippen molar-refractivity contribution in [1.29, 1.82) is 0 Å². The van der Waals surface area contributed by atoms with Gasteiger partial charge < -0.3 is 5.32 Å². The van der Waals surface area contributed by atoms with Crippen LogP contribution in [0.15, 0.2) is 0 Å². The molecule has 0 radical (unpaired) electrons. The number of nitrogens with one attached hydrogen (secondary N) is 1. The van der Waals surface area contributed by atoms with Crippen molar-refractivity contribution in [3.63, 3.8) is 0 Å². The average molecular weight is 85.1 g/mol. The Hall–Kier alpha value is -0.0400. The molecule has 0 saturated carbocycles. The highest BCUT2D eigenvalue weighted by Gasteiger charge is 2.19. The van der Waals surface area contributed by atoms with E-state index in [9.17, 15) is 0 Å². The van der Waals surface area contributed by atoms with Crippen LogP contribution >= 0.6 is 0 Å². The standard InChI is InChI=1S/C5H11N/c1-4-3-6-5(4)2/h4-6H,3H2,1-2H3/t4-,5-/m0/s1. The molecule has 0 bridgehead atoms. The summed E-state index contributed by atoms with van der Waals surface area (Å²) < 4.78 is 0. The first-order chi connectivity index (χ1) is 2.80. The summed E-state index contributed by atoms with van der Waals surface area (Å²) >= 11 is 0. The summed E-state index contributed by atoms with van der Waals surface area (Å²) in [4.78, 5) is 0. The van der Waals surface area contributed by atoms with Gasteiger partial charge in [0.15, 0.2) is 0 Å². The molecule has 1 nitrogen and oxygen atoms in total. The Morgan fingerprint density at radius 2 is 2.00 bits per heavy atom. The van der Waals surface area contributed by atoms with Crippen molar-refractivity contribution in [3.8, 4) is 0 Å². The Labute approximate surface area is 38.7 Å². The minimum atomic E-state index is 0.782. The van der Waals surface area contributed by atoms with E-state index in [0.29, 0.717) is 0 Å². The fourth-order valence-corrected chi connectivity index (χ4v) is 0.589. The van der Waals surface area contributed by atoms with Crippen LogP contribution in [0.1, 0.15) is 13.8 Å². The van der Waals surface area contributed by atoms with Gasteiger partial charge in [0.1, 0.15) is 0 Å². The molecule has 1 rings (SSSR count). The van der Waals surface area contributed by atoms with Crippen LogP contribution in [0.4, 0.5) is 0 Å². The predicted octanol–water partition coefficient (Wildman–Crippen LogP) is 0.614. The van der Waals surface area contributed by atoms with Gasteiger partial charge in [-0.25, -0.2) is 0 Å². The van der Waals surface area contributed by atoms with Gasteiger partial charge in [0, 0.05) is 6.04 Å². The summed E-state index contributed by atoms with van der Waals surface area (Å²) in [5, 5.41) is 3.26. The molecule has 0 amide bonds. The molecule has 0 unspecified atom stereocenters. The van der Waals surface area contributed by atoms with Crippen LogP contribution in [0.25, 0.3) is 0 Å². The van der Waals surface area contributed by atoms with E-state index in [2.05, 4.69) is 19.2 Å². The zero-order valence-electron chi connectivity index (χ0n) is 4.36. The lowest BCUT2D eigenvalue weighted by molar-refractivity contribution is 0.274. The van der Waals surface area contributed by atoms with E-state index in [-0.39, 0.29) is 0 Å². The lowest BCUT2D eigenvalue weighted by Crippen LogP contribution is -2.49. The van der Waals surface area contributed by atoms with E-state index in [1.165, 1.54) is 6.54 Å². The summed E-state index contributed by atoms with van der Waals surface area (Å²) in [6.07, 6.45) is 0. The lowest BCUT2D eigenvalue weighted by Gasteiger charge is -2.31. The Morgan fingerprint density at radius 1 is 1.50 bits per heavy atom. The topological polar surface area (TPSA) is 12.0 Å².